The second kappa shape index (κ2) is 4.62. The predicted molar refractivity (Wildman–Crippen MR) is 68.3 cm³/mol. The zero-order valence-electron chi connectivity index (χ0n) is 9.90. The average molecular weight is 214 g/mol. The quantitative estimate of drug-likeness (QED) is 0.852. The second-order valence-corrected chi connectivity index (χ2v) is 4.27. The van der Waals surface area contributed by atoms with Gasteiger partial charge in [0.15, 0.2) is 0 Å². The predicted octanol–water partition coefficient (Wildman–Crippen LogP) is 3.21. The van der Waals surface area contributed by atoms with Gasteiger partial charge in [0.2, 0.25) is 0 Å². The van der Waals surface area contributed by atoms with Gasteiger partial charge in [-0.3, -0.25) is 4.98 Å². The van der Waals surface area contributed by atoms with Crippen LogP contribution in [0.15, 0.2) is 30.3 Å². The molecule has 1 unspecified atom stereocenters. The molecule has 1 heterocycles. The Kier molecular flexibility index (Phi) is 3.20. The van der Waals surface area contributed by atoms with Crippen molar-refractivity contribution < 1.29 is 0 Å². The molecular weight excluding hydrogens is 196 g/mol. The number of nitrogens with two attached hydrogens (primary N) is 1. The van der Waals surface area contributed by atoms with E-state index >= 15 is 0 Å². The van der Waals surface area contributed by atoms with Crippen LogP contribution in [0.3, 0.4) is 0 Å². The van der Waals surface area contributed by atoms with Crippen molar-refractivity contribution in [1.29, 1.82) is 0 Å². The normalized spacial score (nSPS) is 12.9. The number of fused-ring (bicyclic) bond motifs is 1. The molecule has 0 bridgehead atoms. The maximum atomic E-state index is 5.58. The Hall–Kier alpha value is -1.41. The van der Waals surface area contributed by atoms with E-state index in [1.807, 2.05) is 6.07 Å². The Morgan fingerprint density at radius 3 is 2.75 bits per heavy atom. The summed E-state index contributed by atoms with van der Waals surface area (Å²) in [4.78, 5) is 4.49. The van der Waals surface area contributed by atoms with Crippen LogP contribution in [0.25, 0.3) is 10.9 Å². The van der Waals surface area contributed by atoms with E-state index in [4.69, 9.17) is 5.73 Å². The van der Waals surface area contributed by atoms with Crippen LogP contribution in [0, 0.1) is 0 Å². The number of hydrogen-bond acceptors (Lipinski definition) is 2. The van der Waals surface area contributed by atoms with Gasteiger partial charge in [0, 0.05) is 11.9 Å². The maximum absolute atomic E-state index is 5.58. The Bertz CT molecular complexity index is 491. The van der Waals surface area contributed by atoms with E-state index in [-0.39, 0.29) is 0 Å². The first kappa shape index (κ1) is 11.1. The highest BCUT2D eigenvalue weighted by atomic mass is 14.7. The van der Waals surface area contributed by atoms with E-state index in [1.54, 1.807) is 0 Å². The van der Waals surface area contributed by atoms with Gasteiger partial charge in [0.25, 0.3) is 0 Å². The summed E-state index contributed by atoms with van der Waals surface area (Å²) in [6.07, 6.45) is 1.17. The fraction of sp³-hybridized carbons (Fsp3) is 0.357. The lowest BCUT2D eigenvalue weighted by Gasteiger charge is -2.10. The van der Waals surface area contributed by atoms with Gasteiger partial charge < -0.3 is 5.73 Å². The van der Waals surface area contributed by atoms with Gasteiger partial charge >= 0.3 is 0 Å². The molecule has 0 amide bonds. The molecule has 1 aromatic heterocycles. The van der Waals surface area contributed by atoms with Crippen LogP contribution in [0.1, 0.15) is 37.4 Å². The van der Waals surface area contributed by atoms with Gasteiger partial charge in [0.1, 0.15) is 0 Å². The monoisotopic (exact) mass is 214 g/mol. The number of rotatable bonds is 3. The third kappa shape index (κ3) is 2.07. The van der Waals surface area contributed by atoms with Crippen molar-refractivity contribution in [3.63, 3.8) is 0 Å². The fourth-order valence-corrected chi connectivity index (χ4v) is 1.84. The van der Waals surface area contributed by atoms with Crippen molar-refractivity contribution in [2.24, 2.45) is 5.73 Å². The summed E-state index contributed by atoms with van der Waals surface area (Å²) in [5.41, 5.74) is 8.95. The third-order valence-corrected chi connectivity index (χ3v) is 3.16. The topological polar surface area (TPSA) is 38.9 Å². The molecule has 1 atom stereocenters. The number of hydrogen-bond donors (Lipinski definition) is 1. The summed E-state index contributed by atoms with van der Waals surface area (Å²) in [5, 5.41) is 1.20. The van der Waals surface area contributed by atoms with Gasteiger partial charge in [-0.25, -0.2) is 0 Å². The maximum Gasteiger partial charge on any atom is 0.0706 e. The highest BCUT2D eigenvalue weighted by molar-refractivity contribution is 5.79. The highest BCUT2D eigenvalue weighted by Gasteiger charge is 2.04. The minimum absolute atomic E-state index is 0.503. The molecule has 2 rings (SSSR count). The highest BCUT2D eigenvalue weighted by Crippen LogP contribution is 2.22. The summed E-state index contributed by atoms with van der Waals surface area (Å²) in [6.45, 7) is 4.97. The van der Waals surface area contributed by atoms with Crippen LogP contribution in [0.5, 0.6) is 0 Å². The van der Waals surface area contributed by atoms with Crippen LogP contribution < -0.4 is 5.73 Å². The van der Waals surface area contributed by atoms with Gasteiger partial charge in [-0.1, -0.05) is 26.0 Å². The molecule has 1 aromatic carbocycles. The molecule has 84 valence electrons. The molecule has 2 N–H and O–H groups in total. The van der Waals surface area contributed by atoms with Crippen LogP contribution in [-0.4, -0.2) is 4.98 Å². The first-order valence-corrected chi connectivity index (χ1v) is 5.84. The number of nitrogens with zero attached hydrogens (tertiary/aromatic N) is 1. The molecule has 0 radical (unpaired) electrons. The van der Waals surface area contributed by atoms with Gasteiger partial charge in [0.05, 0.1) is 11.2 Å². The number of aromatic nitrogens is 1. The molecule has 16 heavy (non-hydrogen) atoms. The van der Waals surface area contributed by atoms with E-state index in [0.717, 1.165) is 11.2 Å². The largest absolute Gasteiger partial charge is 0.325 e. The van der Waals surface area contributed by atoms with Gasteiger partial charge in [-0.15, -0.1) is 0 Å². The molecule has 0 fully saturated rings. The van der Waals surface area contributed by atoms with E-state index in [1.165, 1.54) is 17.4 Å². The van der Waals surface area contributed by atoms with Crippen molar-refractivity contribution in [2.45, 2.75) is 32.7 Å². The van der Waals surface area contributed by atoms with Crippen molar-refractivity contribution in [3.05, 3.63) is 41.6 Å². The lowest BCUT2D eigenvalue weighted by atomic mass is 9.97. The minimum atomic E-state index is 0.503. The van der Waals surface area contributed by atoms with E-state index < -0.39 is 0 Å². The number of pyridine rings is 1. The SMILES string of the molecule is CCC(C)c1ccc2nc(CN)ccc2c1. The third-order valence-electron chi connectivity index (χ3n) is 3.16. The zero-order chi connectivity index (χ0) is 11.5. The first-order valence-electron chi connectivity index (χ1n) is 5.84. The smallest absolute Gasteiger partial charge is 0.0706 e. The van der Waals surface area contributed by atoms with Crippen molar-refractivity contribution in [1.82, 2.24) is 4.98 Å². The zero-order valence-corrected chi connectivity index (χ0v) is 9.90. The molecule has 0 aliphatic heterocycles. The van der Waals surface area contributed by atoms with Crippen LogP contribution in [-0.2, 0) is 6.54 Å². The van der Waals surface area contributed by atoms with Crippen LogP contribution in [0.4, 0.5) is 0 Å². The van der Waals surface area contributed by atoms with Crippen molar-refractivity contribution >= 4 is 10.9 Å². The van der Waals surface area contributed by atoms with Crippen LogP contribution in [0.2, 0.25) is 0 Å². The van der Waals surface area contributed by atoms with Gasteiger partial charge in [-0.2, -0.15) is 0 Å². The average Bonchev–Trinajstić information content (AvgIpc) is 2.36. The van der Waals surface area contributed by atoms with Crippen molar-refractivity contribution in [3.8, 4) is 0 Å². The Morgan fingerprint density at radius 2 is 2.06 bits per heavy atom. The standard InChI is InChI=1S/C14H18N2/c1-3-10(2)11-5-7-14-12(8-11)4-6-13(9-15)16-14/h4-8,10H,3,9,15H2,1-2H3. The molecule has 0 saturated carbocycles. The minimum Gasteiger partial charge on any atom is -0.325 e. The lowest BCUT2D eigenvalue weighted by molar-refractivity contribution is 0.734. The second-order valence-electron chi connectivity index (χ2n) is 4.27. The van der Waals surface area contributed by atoms with Crippen molar-refractivity contribution in [2.75, 3.05) is 0 Å². The summed E-state index contributed by atoms with van der Waals surface area (Å²) < 4.78 is 0. The summed E-state index contributed by atoms with van der Waals surface area (Å²) in [5.74, 6) is 0.610. The summed E-state index contributed by atoms with van der Waals surface area (Å²) in [6, 6.07) is 10.6. The molecule has 2 aromatic rings. The molecule has 0 spiro atoms. The summed E-state index contributed by atoms with van der Waals surface area (Å²) in [7, 11) is 0. The van der Waals surface area contributed by atoms with E-state index in [2.05, 4.69) is 43.1 Å². The van der Waals surface area contributed by atoms with E-state index in [0.29, 0.717) is 12.5 Å². The van der Waals surface area contributed by atoms with Crippen LogP contribution >= 0.6 is 0 Å². The summed E-state index contributed by atoms with van der Waals surface area (Å²) >= 11 is 0. The Morgan fingerprint density at radius 1 is 1.25 bits per heavy atom. The van der Waals surface area contributed by atoms with Gasteiger partial charge in [-0.05, 0) is 36.1 Å². The molecule has 0 aliphatic carbocycles. The number of benzene rings is 1. The first-order chi connectivity index (χ1) is 7.74. The van der Waals surface area contributed by atoms with E-state index in [9.17, 15) is 0 Å². The Labute approximate surface area is 96.5 Å². The molecule has 2 heteroatoms. The molecular formula is C14H18N2. The Balaban J connectivity index is 2.47. The molecule has 0 aliphatic rings. The lowest BCUT2D eigenvalue weighted by Crippen LogP contribution is -1.99. The molecule has 0 saturated heterocycles. The molecule has 2 nitrogen and oxygen atoms in total. The fourth-order valence-electron chi connectivity index (χ4n) is 1.84.